The minimum Gasteiger partial charge on any atom is -0.326 e. The Kier molecular flexibility index (Phi) is 4.69. The van der Waals surface area contributed by atoms with E-state index in [9.17, 15) is 9.59 Å². The van der Waals surface area contributed by atoms with E-state index in [1.807, 2.05) is 60.8 Å². The van der Waals surface area contributed by atoms with E-state index in [-0.39, 0.29) is 11.5 Å². The average Bonchev–Trinajstić information content (AvgIpc) is 3.18. The van der Waals surface area contributed by atoms with Crippen LogP contribution < -0.4 is 10.9 Å². The molecule has 4 aromatic rings. The Bertz CT molecular complexity index is 1240. The van der Waals surface area contributed by atoms with Crippen LogP contribution in [0.2, 0.25) is 0 Å². The molecule has 0 aliphatic carbocycles. The summed E-state index contributed by atoms with van der Waals surface area (Å²) in [5.74, 6) is -0.0530. The number of nitrogens with zero attached hydrogens (tertiary/aromatic N) is 3. The highest BCUT2D eigenvalue weighted by atomic mass is 16.1. The molecule has 1 N–H and O–H groups in total. The molecule has 0 atom stereocenters. The van der Waals surface area contributed by atoms with Gasteiger partial charge in [-0.2, -0.15) is 0 Å². The molecule has 0 aliphatic heterocycles. The van der Waals surface area contributed by atoms with Gasteiger partial charge < -0.3 is 9.72 Å². The van der Waals surface area contributed by atoms with Gasteiger partial charge in [-0.1, -0.05) is 12.1 Å². The first-order chi connectivity index (χ1) is 13.5. The van der Waals surface area contributed by atoms with Gasteiger partial charge in [-0.3, -0.25) is 14.2 Å². The average molecular weight is 374 g/mol. The number of carbonyl (C=O) groups is 1. The number of rotatable bonds is 5. The number of benzene rings is 1. The molecule has 6 nitrogen and oxygen atoms in total. The molecule has 0 saturated carbocycles. The Hall–Kier alpha value is -3.41. The van der Waals surface area contributed by atoms with Crippen molar-refractivity contribution in [3.05, 3.63) is 76.3 Å². The summed E-state index contributed by atoms with van der Waals surface area (Å²) in [6, 6.07) is 13.4. The van der Waals surface area contributed by atoms with Crippen molar-refractivity contribution in [3.63, 3.8) is 0 Å². The Morgan fingerprint density at radius 3 is 2.79 bits per heavy atom. The monoisotopic (exact) mass is 374 g/mol. The maximum absolute atomic E-state index is 12.9. The van der Waals surface area contributed by atoms with Crippen LogP contribution in [-0.4, -0.2) is 19.9 Å². The van der Waals surface area contributed by atoms with Crippen molar-refractivity contribution in [2.45, 2.75) is 33.2 Å². The predicted molar refractivity (Wildman–Crippen MR) is 111 cm³/mol. The second-order valence-electron chi connectivity index (χ2n) is 7.04. The SMILES string of the molecule is Cc1ccc(C)c(NC(=O)CCCn2c(=O)c3cccn3c3cccnc32)c1. The number of aromatic nitrogens is 3. The van der Waals surface area contributed by atoms with E-state index >= 15 is 0 Å². The van der Waals surface area contributed by atoms with Crippen molar-refractivity contribution in [2.24, 2.45) is 0 Å². The number of nitrogens with one attached hydrogen (secondary N) is 1. The minimum atomic E-state index is -0.0915. The third kappa shape index (κ3) is 3.29. The van der Waals surface area contributed by atoms with Crippen LogP contribution in [0.15, 0.2) is 59.7 Å². The number of anilines is 1. The lowest BCUT2D eigenvalue weighted by Gasteiger charge is -2.12. The van der Waals surface area contributed by atoms with Gasteiger partial charge in [0.15, 0.2) is 5.65 Å². The fraction of sp³-hybridized carbons (Fsp3) is 0.227. The summed E-state index contributed by atoms with van der Waals surface area (Å²) in [5, 5.41) is 2.97. The lowest BCUT2D eigenvalue weighted by Crippen LogP contribution is -2.24. The summed E-state index contributed by atoms with van der Waals surface area (Å²) in [7, 11) is 0. The molecule has 4 rings (SSSR count). The first kappa shape index (κ1) is 18.0. The molecule has 1 amide bonds. The van der Waals surface area contributed by atoms with Crippen LogP contribution >= 0.6 is 0 Å². The fourth-order valence-electron chi connectivity index (χ4n) is 3.47. The third-order valence-corrected chi connectivity index (χ3v) is 4.95. The van der Waals surface area contributed by atoms with Crippen molar-refractivity contribution in [3.8, 4) is 0 Å². The Balaban J connectivity index is 1.52. The number of amides is 1. The largest absolute Gasteiger partial charge is 0.326 e. The van der Waals surface area contributed by atoms with E-state index in [0.717, 1.165) is 22.3 Å². The van der Waals surface area contributed by atoms with E-state index < -0.39 is 0 Å². The second kappa shape index (κ2) is 7.31. The Labute approximate surface area is 162 Å². The van der Waals surface area contributed by atoms with Gasteiger partial charge in [0, 0.05) is 31.0 Å². The first-order valence-electron chi connectivity index (χ1n) is 9.36. The van der Waals surface area contributed by atoms with Gasteiger partial charge in [-0.25, -0.2) is 4.98 Å². The highest BCUT2D eigenvalue weighted by Crippen LogP contribution is 2.17. The smallest absolute Gasteiger partial charge is 0.276 e. The summed E-state index contributed by atoms with van der Waals surface area (Å²) in [5.41, 5.74) is 5.00. The summed E-state index contributed by atoms with van der Waals surface area (Å²) < 4.78 is 3.52. The summed E-state index contributed by atoms with van der Waals surface area (Å²) >= 11 is 0. The van der Waals surface area contributed by atoms with Crippen LogP contribution in [0.4, 0.5) is 5.69 Å². The molecule has 6 heteroatoms. The number of aryl methyl sites for hydroxylation is 3. The molecule has 0 aliphatic rings. The van der Waals surface area contributed by atoms with Gasteiger partial charge >= 0.3 is 0 Å². The molecule has 0 radical (unpaired) electrons. The molecule has 0 unspecified atom stereocenters. The summed E-state index contributed by atoms with van der Waals surface area (Å²) in [6.07, 6.45) is 4.43. The van der Waals surface area contributed by atoms with Gasteiger partial charge in [-0.05, 0) is 61.7 Å². The molecular weight excluding hydrogens is 352 g/mol. The maximum Gasteiger partial charge on any atom is 0.276 e. The number of fused-ring (bicyclic) bond motifs is 3. The van der Waals surface area contributed by atoms with Crippen LogP contribution in [-0.2, 0) is 11.3 Å². The van der Waals surface area contributed by atoms with Gasteiger partial charge in [0.1, 0.15) is 5.52 Å². The van der Waals surface area contributed by atoms with E-state index in [0.29, 0.717) is 30.6 Å². The number of carbonyl (C=O) groups excluding carboxylic acids is 1. The van der Waals surface area contributed by atoms with Crippen LogP contribution in [0.1, 0.15) is 24.0 Å². The van der Waals surface area contributed by atoms with Gasteiger partial charge in [0.2, 0.25) is 5.91 Å². The first-order valence-corrected chi connectivity index (χ1v) is 9.36. The lowest BCUT2D eigenvalue weighted by atomic mass is 10.1. The molecule has 0 saturated heterocycles. The zero-order chi connectivity index (χ0) is 19.7. The summed E-state index contributed by atoms with van der Waals surface area (Å²) in [6.45, 7) is 4.41. The van der Waals surface area contributed by atoms with E-state index in [2.05, 4.69) is 10.3 Å². The Morgan fingerprint density at radius 2 is 1.93 bits per heavy atom. The van der Waals surface area contributed by atoms with Gasteiger partial charge in [-0.15, -0.1) is 0 Å². The molecular formula is C22H22N4O2. The molecule has 1 aromatic carbocycles. The van der Waals surface area contributed by atoms with E-state index in [4.69, 9.17) is 0 Å². The standard InChI is InChI=1S/C22H22N4O2/c1-15-9-10-16(2)17(14-15)24-20(27)8-5-13-26-21-18(6-3-11-23-21)25-12-4-7-19(25)22(26)28/h3-4,6-7,9-12,14H,5,8,13H2,1-2H3,(H,24,27). The normalized spacial score (nSPS) is 11.2. The van der Waals surface area contributed by atoms with Crippen molar-refractivity contribution in [1.82, 2.24) is 14.0 Å². The predicted octanol–water partition coefficient (Wildman–Crippen LogP) is 3.68. The molecule has 142 valence electrons. The number of pyridine rings is 1. The van der Waals surface area contributed by atoms with Crippen LogP contribution in [0, 0.1) is 13.8 Å². The molecule has 0 fully saturated rings. The topological polar surface area (TPSA) is 68.4 Å². The Morgan fingerprint density at radius 1 is 1.11 bits per heavy atom. The molecule has 3 heterocycles. The zero-order valence-corrected chi connectivity index (χ0v) is 16.0. The van der Waals surface area contributed by atoms with Crippen molar-refractivity contribution < 1.29 is 4.79 Å². The molecule has 0 bridgehead atoms. The van der Waals surface area contributed by atoms with Gasteiger partial charge in [0.05, 0.1) is 5.52 Å². The van der Waals surface area contributed by atoms with E-state index in [1.165, 1.54) is 0 Å². The van der Waals surface area contributed by atoms with Crippen molar-refractivity contribution in [1.29, 1.82) is 0 Å². The molecule has 28 heavy (non-hydrogen) atoms. The minimum absolute atomic E-state index is 0.0530. The van der Waals surface area contributed by atoms with Crippen molar-refractivity contribution >= 4 is 28.3 Å². The zero-order valence-electron chi connectivity index (χ0n) is 16.0. The highest BCUT2D eigenvalue weighted by Gasteiger charge is 2.12. The molecule has 0 spiro atoms. The second-order valence-corrected chi connectivity index (χ2v) is 7.04. The third-order valence-electron chi connectivity index (χ3n) is 4.95. The lowest BCUT2D eigenvalue weighted by molar-refractivity contribution is -0.116. The fourth-order valence-corrected chi connectivity index (χ4v) is 3.47. The van der Waals surface area contributed by atoms with Crippen LogP contribution in [0.3, 0.4) is 0 Å². The van der Waals surface area contributed by atoms with Gasteiger partial charge in [0.25, 0.3) is 5.56 Å². The highest BCUT2D eigenvalue weighted by molar-refractivity contribution is 5.91. The van der Waals surface area contributed by atoms with Crippen molar-refractivity contribution in [2.75, 3.05) is 5.32 Å². The number of hydrogen-bond donors (Lipinski definition) is 1. The summed E-state index contributed by atoms with van der Waals surface area (Å²) in [4.78, 5) is 29.6. The quantitative estimate of drug-likeness (QED) is 0.579. The van der Waals surface area contributed by atoms with Crippen LogP contribution in [0.25, 0.3) is 16.7 Å². The van der Waals surface area contributed by atoms with Crippen LogP contribution in [0.5, 0.6) is 0 Å². The maximum atomic E-state index is 12.9. The molecule has 3 aromatic heterocycles. The van der Waals surface area contributed by atoms with E-state index in [1.54, 1.807) is 16.8 Å². The number of hydrogen-bond acceptors (Lipinski definition) is 3.